The van der Waals surface area contributed by atoms with Gasteiger partial charge in [0.1, 0.15) is 11.6 Å². The minimum Gasteiger partial charge on any atom is -0.342 e. The van der Waals surface area contributed by atoms with E-state index in [-0.39, 0.29) is 27.1 Å². The van der Waals surface area contributed by atoms with Gasteiger partial charge in [-0.15, -0.1) is 0 Å². The van der Waals surface area contributed by atoms with E-state index in [1.165, 1.54) is 0 Å². The molecule has 3 heterocycles. The zero-order chi connectivity index (χ0) is 33.7. The van der Waals surface area contributed by atoms with Crippen LogP contribution in [-0.2, 0) is 6.18 Å². The van der Waals surface area contributed by atoms with Crippen LogP contribution >= 0.6 is 11.6 Å². The van der Waals surface area contributed by atoms with Crippen LogP contribution in [0.15, 0.2) is 47.5 Å². The van der Waals surface area contributed by atoms with Crippen molar-refractivity contribution in [3.05, 3.63) is 86.9 Å². The Kier molecular flexibility index (Phi) is 7.02. The molecule has 3 aliphatic rings. The molecule has 0 fully saturated rings. The minimum atomic E-state index is -5.06. The summed E-state index contributed by atoms with van der Waals surface area (Å²) >= 11 is 6.27. The summed E-state index contributed by atoms with van der Waals surface area (Å²) in [6.07, 6.45) is -8.25. The van der Waals surface area contributed by atoms with Gasteiger partial charge in [-0.3, -0.25) is 9.59 Å². The summed E-state index contributed by atoms with van der Waals surface area (Å²) in [5.74, 6) is -13.1. The lowest BCUT2D eigenvalue weighted by Gasteiger charge is -2.32. The highest BCUT2D eigenvalue weighted by molar-refractivity contribution is 6.31. The normalized spacial score (nSPS) is 19.2. The standard InChI is InChI=1S/C27H17ClF7N5O6/c28-14-2-1-11(29)6-13(14)20-18-15(36-22(41)9-3-10(25(33,34)35)5-12(30)4-9)7-16-21(19(18)23(42)37-20)40-24(39(16)8-17(31)32)38-26(43,44)27(40,45)46/h1-7,17,20,43-46H,8H2,(H,36,41)(H,37,42). The van der Waals surface area contributed by atoms with Crippen LogP contribution in [0, 0.1) is 11.6 Å². The third-order valence-electron chi connectivity index (χ3n) is 7.41. The molecule has 0 saturated heterocycles. The van der Waals surface area contributed by atoms with Gasteiger partial charge >= 0.3 is 18.0 Å². The number of carbonyl (C=O) groups excluding carboxylic acids is 2. The molecule has 46 heavy (non-hydrogen) atoms. The monoisotopic (exact) mass is 675 g/mol. The Balaban J connectivity index is 1.60. The van der Waals surface area contributed by atoms with E-state index in [2.05, 4.69) is 15.6 Å². The lowest BCUT2D eigenvalue weighted by Crippen LogP contribution is -2.60. The van der Waals surface area contributed by atoms with Crippen LogP contribution in [0.1, 0.15) is 43.4 Å². The first-order valence-electron chi connectivity index (χ1n) is 12.8. The second kappa shape index (κ2) is 10.3. The summed E-state index contributed by atoms with van der Waals surface area (Å²) in [6, 6.07) is 3.36. The van der Waals surface area contributed by atoms with Crippen molar-refractivity contribution in [2.75, 3.05) is 21.7 Å². The smallest absolute Gasteiger partial charge is 0.342 e. The Hall–Kier alpha value is -4.49. The fourth-order valence-electron chi connectivity index (χ4n) is 5.48. The maximum atomic E-state index is 14.3. The highest BCUT2D eigenvalue weighted by Crippen LogP contribution is 2.54. The van der Waals surface area contributed by atoms with E-state index < -0.39 is 100 Å². The molecule has 6 rings (SSSR count). The van der Waals surface area contributed by atoms with Crippen LogP contribution < -0.4 is 20.4 Å². The van der Waals surface area contributed by atoms with Crippen LogP contribution in [0.3, 0.4) is 0 Å². The Morgan fingerprint density at radius 3 is 2.41 bits per heavy atom. The molecule has 3 aliphatic heterocycles. The quantitative estimate of drug-likeness (QED) is 0.178. The van der Waals surface area contributed by atoms with E-state index >= 15 is 0 Å². The van der Waals surface area contributed by atoms with Gasteiger partial charge in [-0.1, -0.05) is 11.6 Å². The molecule has 3 aromatic rings. The number of amides is 2. The van der Waals surface area contributed by atoms with Gasteiger partial charge in [0, 0.05) is 27.4 Å². The predicted octanol–water partition coefficient (Wildman–Crippen LogP) is 3.26. The number of hydrogen-bond donors (Lipinski definition) is 6. The summed E-state index contributed by atoms with van der Waals surface area (Å²) in [6.45, 7) is -1.29. The zero-order valence-electron chi connectivity index (χ0n) is 22.4. The number of halogens is 8. The van der Waals surface area contributed by atoms with Gasteiger partial charge < -0.3 is 36.0 Å². The van der Waals surface area contributed by atoms with E-state index in [1.807, 2.05) is 0 Å². The Morgan fingerprint density at radius 2 is 1.76 bits per heavy atom. The third-order valence-corrected chi connectivity index (χ3v) is 7.75. The first kappa shape index (κ1) is 31.5. The number of nitrogens with one attached hydrogen (secondary N) is 2. The first-order chi connectivity index (χ1) is 21.3. The number of nitrogens with zero attached hydrogens (tertiary/aromatic N) is 3. The van der Waals surface area contributed by atoms with Gasteiger partial charge in [-0.05, 0) is 42.5 Å². The van der Waals surface area contributed by atoms with Crippen molar-refractivity contribution in [3.8, 4) is 0 Å². The SMILES string of the molecule is O=C(Nc1cc2c(c3c1C(c1cc(F)ccc1Cl)NC3=O)N1C(=NC(O)(O)C1(O)O)N2CC(F)F)c1cc(F)cc(C(F)(F)F)c1. The van der Waals surface area contributed by atoms with E-state index in [9.17, 15) is 60.7 Å². The van der Waals surface area contributed by atoms with E-state index in [1.54, 1.807) is 0 Å². The highest BCUT2D eigenvalue weighted by Gasteiger charge is 2.65. The summed E-state index contributed by atoms with van der Waals surface area (Å²) in [5, 5.41) is 46.3. The molecule has 1 atom stereocenters. The van der Waals surface area contributed by atoms with Crippen LogP contribution in [0.4, 0.5) is 47.8 Å². The predicted molar refractivity (Wildman–Crippen MR) is 144 cm³/mol. The molecule has 6 N–H and O–H groups in total. The van der Waals surface area contributed by atoms with Gasteiger partial charge in [0.25, 0.3) is 18.2 Å². The number of benzene rings is 3. The van der Waals surface area contributed by atoms with Crippen molar-refractivity contribution >= 4 is 46.4 Å². The first-order valence-corrected chi connectivity index (χ1v) is 13.2. The van der Waals surface area contributed by atoms with Crippen LogP contribution in [0.5, 0.6) is 0 Å². The molecule has 2 amide bonds. The molecule has 0 saturated carbocycles. The second-order valence-corrected chi connectivity index (χ2v) is 10.8. The molecule has 0 aromatic heterocycles. The topological polar surface area (TPSA) is 158 Å². The van der Waals surface area contributed by atoms with E-state index in [4.69, 9.17) is 11.6 Å². The second-order valence-electron chi connectivity index (χ2n) is 10.4. The number of aliphatic hydroxyl groups is 4. The average Bonchev–Trinajstić information content (AvgIpc) is 3.49. The highest BCUT2D eigenvalue weighted by atomic mass is 35.5. The third kappa shape index (κ3) is 4.80. The van der Waals surface area contributed by atoms with Gasteiger partial charge in [-0.25, -0.2) is 22.5 Å². The maximum Gasteiger partial charge on any atom is 0.416 e. The summed E-state index contributed by atoms with van der Waals surface area (Å²) in [5.41, 5.74) is -5.01. The molecule has 1 unspecified atom stereocenters. The lowest BCUT2D eigenvalue weighted by molar-refractivity contribution is -0.339. The Bertz CT molecular complexity index is 1870. The molecule has 0 bridgehead atoms. The number of guanidine groups is 1. The van der Waals surface area contributed by atoms with Crippen LogP contribution in [0.2, 0.25) is 5.02 Å². The van der Waals surface area contributed by atoms with Crippen molar-refractivity contribution in [3.63, 3.8) is 0 Å². The molecular weight excluding hydrogens is 659 g/mol. The van der Waals surface area contributed by atoms with E-state index in [0.29, 0.717) is 17.0 Å². The van der Waals surface area contributed by atoms with Gasteiger partial charge in [0.05, 0.1) is 35.1 Å². The van der Waals surface area contributed by atoms with Crippen LogP contribution in [-0.4, -0.2) is 63.0 Å². The molecule has 0 radical (unpaired) electrons. The van der Waals surface area contributed by atoms with Crippen molar-refractivity contribution in [1.29, 1.82) is 0 Å². The van der Waals surface area contributed by atoms with E-state index in [0.717, 1.165) is 24.3 Å². The zero-order valence-corrected chi connectivity index (χ0v) is 23.1. The molecular formula is C27H17ClF7N5O6. The lowest BCUT2D eigenvalue weighted by atomic mass is 9.93. The fraction of sp³-hybridized carbons (Fsp3) is 0.222. The molecule has 242 valence electrons. The van der Waals surface area contributed by atoms with Gasteiger partial charge in [-0.2, -0.15) is 18.2 Å². The number of rotatable bonds is 5. The number of hydrogen-bond acceptors (Lipinski definition) is 9. The molecule has 0 aliphatic carbocycles. The summed E-state index contributed by atoms with van der Waals surface area (Å²) in [4.78, 5) is 31.0. The molecule has 3 aromatic carbocycles. The number of anilines is 3. The molecule has 19 heteroatoms. The summed E-state index contributed by atoms with van der Waals surface area (Å²) < 4.78 is 96.0. The van der Waals surface area contributed by atoms with Crippen LogP contribution in [0.25, 0.3) is 0 Å². The fourth-order valence-corrected chi connectivity index (χ4v) is 5.70. The molecule has 11 nitrogen and oxygen atoms in total. The average molecular weight is 676 g/mol. The van der Waals surface area contributed by atoms with Gasteiger partial charge in [0.15, 0.2) is 0 Å². The largest absolute Gasteiger partial charge is 0.416 e. The number of aliphatic imine (C=N–C) groups is 1. The Labute approximate surface area is 256 Å². The van der Waals surface area contributed by atoms with Crippen molar-refractivity contribution in [2.45, 2.75) is 30.5 Å². The molecule has 0 spiro atoms. The van der Waals surface area contributed by atoms with Crippen molar-refractivity contribution in [1.82, 2.24) is 5.32 Å². The number of carbonyl (C=O) groups is 2. The van der Waals surface area contributed by atoms with Crippen molar-refractivity contribution in [2.24, 2.45) is 4.99 Å². The number of alkyl halides is 5. The number of fused-ring (bicyclic) bond motifs is 5. The van der Waals surface area contributed by atoms with Crippen molar-refractivity contribution < 1.29 is 60.7 Å². The van der Waals surface area contributed by atoms with Gasteiger partial charge in [0.2, 0.25) is 5.96 Å². The summed E-state index contributed by atoms with van der Waals surface area (Å²) in [7, 11) is 0. The Morgan fingerprint density at radius 1 is 1.07 bits per heavy atom. The maximum absolute atomic E-state index is 14.3. The minimum absolute atomic E-state index is 0.134.